The maximum Gasteiger partial charge on any atom is 0.331 e. The van der Waals surface area contributed by atoms with Gasteiger partial charge in [-0.15, -0.1) is 0 Å². The second kappa shape index (κ2) is 10.8. The van der Waals surface area contributed by atoms with Crippen molar-refractivity contribution in [3.63, 3.8) is 0 Å². The largest absolute Gasteiger partial charge is 0.447 e. The minimum atomic E-state index is -0.484. The molecular formula is C6H11NO3. The van der Waals surface area contributed by atoms with Gasteiger partial charge in [-0.05, 0) is 6.92 Å². The van der Waals surface area contributed by atoms with E-state index in [1.165, 1.54) is 6.92 Å². The van der Waals surface area contributed by atoms with Crippen LogP contribution in [-0.4, -0.2) is 19.0 Å². The van der Waals surface area contributed by atoms with Crippen molar-refractivity contribution in [2.75, 3.05) is 6.73 Å². The fourth-order valence-electron chi connectivity index (χ4n) is 0.141. The van der Waals surface area contributed by atoms with Crippen molar-refractivity contribution >= 4 is 12.3 Å². The first-order chi connectivity index (χ1) is 4.72. The fraction of sp³-hybridized carbons (Fsp3) is 0.333. The average Bonchev–Trinajstić information content (AvgIpc) is 1.90. The molecule has 0 aliphatic heterocycles. The molecule has 0 aromatic carbocycles. The molecule has 0 spiro atoms. The van der Waals surface area contributed by atoms with E-state index in [-0.39, 0.29) is 6.73 Å². The van der Waals surface area contributed by atoms with Crippen LogP contribution in [0.3, 0.4) is 0 Å². The molecule has 58 valence electrons. The fourth-order valence-corrected chi connectivity index (χ4v) is 0.141. The maximum atomic E-state index is 9.99. The van der Waals surface area contributed by atoms with Crippen molar-refractivity contribution in [2.45, 2.75) is 6.92 Å². The molecule has 0 aliphatic carbocycles. The van der Waals surface area contributed by atoms with Crippen LogP contribution in [0.25, 0.3) is 0 Å². The number of hydrogen-bond acceptors (Lipinski definition) is 4. The number of nitrogens with two attached hydrogens (primary N) is 1. The van der Waals surface area contributed by atoms with Crippen LogP contribution >= 0.6 is 0 Å². The number of carbonyl (C=O) groups is 2. The monoisotopic (exact) mass is 145 g/mol. The van der Waals surface area contributed by atoms with Gasteiger partial charge in [0.15, 0.2) is 0 Å². The molecule has 0 saturated carbocycles. The molecule has 4 heteroatoms. The predicted molar refractivity (Wildman–Crippen MR) is 37.1 cm³/mol. The molecule has 0 atom stereocenters. The van der Waals surface area contributed by atoms with Crippen LogP contribution in [0.1, 0.15) is 6.92 Å². The van der Waals surface area contributed by atoms with E-state index < -0.39 is 5.97 Å². The summed E-state index contributed by atoms with van der Waals surface area (Å²) in [4.78, 5) is 18.8. The van der Waals surface area contributed by atoms with Gasteiger partial charge >= 0.3 is 5.97 Å². The third-order valence-corrected chi connectivity index (χ3v) is 0.392. The smallest absolute Gasteiger partial charge is 0.331 e. The highest BCUT2D eigenvalue weighted by atomic mass is 16.5. The van der Waals surface area contributed by atoms with Crippen LogP contribution in [-0.2, 0) is 14.3 Å². The highest BCUT2D eigenvalue weighted by Gasteiger charge is 1.86. The van der Waals surface area contributed by atoms with Crippen molar-refractivity contribution in [1.82, 2.24) is 0 Å². The van der Waals surface area contributed by atoms with Crippen LogP contribution in [0, 0.1) is 0 Å². The van der Waals surface area contributed by atoms with Crippen molar-refractivity contribution in [2.24, 2.45) is 5.73 Å². The van der Waals surface area contributed by atoms with Crippen molar-refractivity contribution in [3.8, 4) is 0 Å². The van der Waals surface area contributed by atoms with E-state index in [1.807, 2.05) is 0 Å². The number of esters is 1. The Balaban J connectivity index is 0. The zero-order valence-corrected chi connectivity index (χ0v) is 5.87. The topological polar surface area (TPSA) is 69.4 Å². The Bertz CT molecular complexity index is 112. The Hall–Kier alpha value is -1.16. The Morgan fingerprint density at radius 1 is 1.80 bits per heavy atom. The molecule has 4 nitrogen and oxygen atoms in total. The van der Waals surface area contributed by atoms with Crippen LogP contribution in [0.15, 0.2) is 12.7 Å². The lowest BCUT2D eigenvalue weighted by Gasteiger charge is -1.90. The zero-order chi connectivity index (χ0) is 8.41. The molecule has 0 radical (unpaired) electrons. The minimum Gasteiger partial charge on any atom is -0.447 e. The molecule has 0 aromatic rings. The summed E-state index contributed by atoms with van der Waals surface area (Å²) in [6, 6.07) is 0. The molecule has 0 unspecified atom stereocenters. The van der Waals surface area contributed by atoms with Gasteiger partial charge in [0.05, 0.1) is 0 Å². The van der Waals surface area contributed by atoms with Crippen LogP contribution in [0.4, 0.5) is 0 Å². The molecule has 0 fully saturated rings. The lowest BCUT2D eigenvalue weighted by Crippen LogP contribution is -2.08. The maximum absolute atomic E-state index is 9.99. The van der Waals surface area contributed by atoms with Crippen LogP contribution in [0.2, 0.25) is 0 Å². The van der Waals surface area contributed by atoms with Crippen molar-refractivity contribution in [1.29, 1.82) is 0 Å². The van der Waals surface area contributed by atoms with Gasteiger partial charge in [-0.25, -0.2) is 4.79 Å². The SMILES string of the molecule is C=CC(=O)OCN.CC=O. The quantitative estimate of drug-likeness (QED) is 0.253. The first-order valence-electron chi connectivity index (χ1n) is 2.62. The molecule has 10 heavy (non-hydrogen) atoms. The Morgan fingerprint density at radius 2 is 2.20 bits per heavy atom. The van der Waals surface area contributed by atoms with Gasteiger partial charge in [0.1, 0.15) is 13.0 Å². The Kier molecular flexibility index (Phi) is 12.5. The lowest BCUT2D eigenvalue weighted by molar-refractivity contribution is -0.137. The third-order valence-electron chi connectivity index (χ3n) is 0.392. The van der Waals surface area contributed by atoms with E-state index >= 15 is 0 Å². The summed E-state index contributed by atoms with van der Waals surface area (Å²) in [5.74, 6) is -0.484. The molecular weight excluding hydrogens is 134 g/mol. The number of aldehydes is 1. The first kappa shape index (κ1) is 11.6. The standard InChI is InChI=1S/C4H7NO2.C2H4O/c1-2-4(6)7-3-5;1-2-3/h2H,1,3,5H2;2H,1H3. The van der Waals surface area contributed by atoms with E-state index in [0.717, 1.165) is 12.4 Å². The Labute approximate surface area is 59.7 Å². The van der Waals surface area contributed by atoms with E-state index in [4.69, 9.17) is 10.5 Å². The normalized spacial score (nSPS) is 6.60. The molecule has 0 bridgehead atoms. The van der Waals surface area contributed by atoms with Gasteiger partial charge in [0.2, 0.25) is 0 Å². The van der Waals surface area contributed by atoms with Gasteiger partial charge < -0.3 is 9.53 Å². The first-order valence-corrected chi connectivity index (χ1v) is 2.62. The highest BCUT2D eigenvalue weighted by Crippen LogP contribution is 1.70. The summed E-state index contributed by atoms with van der Waals surface area (Å²) < 4.78 is 4.21. The van der Waals surface area contributed by atoms with Gasteiger partial charge in [-0.1, -0.05) is 6.58 Å². The molecule has 0 saturated heterocycles. The summed E-state index contributed by atoms with van der Waals surface area (Å²) in [6.07, 6.45) is 1.81. The molecule has 0 amide bonds. The second-order valence-electron chi connectivity index (χ2n) is 1.07. The van der Waals surface area contributed by atoms with Crippen LogP contribution in [0.5, 0.6) is 0 Å². The number of ether oxygens (including phenoxy) is 1. The minimum absolute atomic E-state index is 0.0785. The molecule has 0 aromatic heterocycles. The van der Waals surface area contributed by atoms with E-state index in [1.54, 1.807) is 0 Å². The lowest BCUT2D eigenvalue weighted by atomic mass is 10.7. The van der Waals surface area contributed by atoms with E-state index in [9.17, 15) is 4.79 Å². The molecule has 2 N–H and O–H groups in total. The number of rotatable bonds is 2. The molecule has 0 rings (SSSR count). The van der Waals surface area contributed by atoms with Gasteiger partial charge in [0, 0.05) is 6.08 Å². The Morgan fingerprint density at radius 3 is 2.30 bits per heavy atom. The highest BCUT2D eigenvalue weighted by molar-refractivity contribution is 5.81. The van der Waals surface area contributed by atoms with Gasteiger partial charge in [-0.2, -0.15) is 0 Å². The van der Waals surface area contributed by atoms with Gasteiger partial charge in [0.25, 0.3) is 0 Å². The summed E-state index contributed by atoms with van der Waals surface area (Å²) >= 11 is 0. The van der Waals surface area contributed by atoms with E-state index in [0.29, 0.717) is 0 Å². The zero-order valence-electron chi connectivity index (χ0n) is 5.87. The summed E-state index contributed by atoms with van der Waals surface area (Å²) in [5.41, 5.74) is 4.81. The summed E-state index contributed by atoms with van der Waals surface area (Å²) in [5, 5.41) is 0. The molecule has 0 aliphatic rings. The third kappa shape index (κ3) is 15.8. The van der Waals surface area contributed by atoms with Gasteiger partial charge in [-0.3, -0.25) is 5.73 Å². The number of carbonyl (C=O) groups excluding carboxylic acids is 2. The van der Waals surface area contributed by atoms with Crippen molar-refractivity contribution in [3.05, 3.63) is 12.7 Å². The van der Waals surface area contributed by atoms with E-state index in [2.05, 4.69) is 11.3 Å². The molecule has 0 heterocycles. The van der Waals surface area contributed by atoms with Crippen LogP contribution < -0.4 is 5.73 Å². The summed E-state index contributed by atoms with van der Waals surface area (Å²) in [6.45, 7) is 4.52. The van der Waals surface area contributed by atoms with Crippen molar-refractivity contribution < 1.29 is 14.3 Å². The summed E-state index contributed by atoms with van der Waals surface area (Å²) in [7, 11) is 0. The predicted octanol–water partition coefficient (Wildman–Crippen LogP) is -0.163. The second-order valence-corrected chi connectivity index (χ2v) is 1.07. The average molecular weight is 145 g/mol. The number of hydrogen-bond donors (Lipinski definition) is 1.